The van der Waals surface area contributed by atoms with Crippen molar-refractivity contribution in [3.63, 3.8) is 0 Å². The van der Waals surface area contributed by atoms with Gasteiger partial charge in [0, 0.05) is 18.9 Å². The Balaban J connectivity index is 1.97. The number of benzene rings is 1. The average molecular weight is 424 g/mol. The first-order valence-corrected chi connectivity index (χ1v) is 9.71. The molecule has 1 fully saturated rings. The van der Waals surface area contributed by atoms with E-state index in [9.17, 15) is 30.0 Å². The van der Waals surface area contributed by atoms with Crippen LogP contribution in [0.25, 0.3) is 6.08 Å². The highest BCUT2D eigenvalue weighted by molar-refractivity contribution is 5.87. The van der Waals surface area contributed by atoms with Crippen LogP contribution >= 0.6 is 0 Å². The summed E-state index contributed by atoms with van der Waals surface area (Å²) in [7, 11) is 1.39. The first-order valence-electron chi connectivity index (χ1n) is 9.71. The van der Waals surface area contributed by atoms with Gasteiger partial charge < -0.3 is 34.6 Å². The van der Waals surface area contributed by atoms with Crippen molar-refractivity contribution in [3.05, 3.63) is 29.8 Å². The quantitative estimate of drug-likeness (QED) is 0.272. The number of esters is 2. The third-order valence-electron chi connectivity index (χ3n) is 4.83. The number of ether oxygens (including phenoxy) is 3. The molecule has 1 saturated carbocycles. The molecule has 0 saturated heterocycles. The minimum atomic E-state index is -2.05. The molecule has 1 aromatic carbocycles. The van der Waals surface area contributed by atoms with Crippen molar-refractivity contribution in [1.29, 1.82) is 0 Å². The van der Waals surface area contributed by atoms with Crippen LogP contribution in [0.3, 0.4) is 0 Å². The number of aliphatic hydroxyl groups is 3. The molecule has 9 heteroatoms. The molecule has 2 atom stereocenters. The molecule has 0 radical (unpaired) electrons. The molecule has 1 aromatic rings. The molecule has 0 aliphatic heterocycles. The molecule has 0 bridgehead atoms. The minimum absolute atomic E-state index is 0.0496. The topological polar surface area (TPSA) is 143 Å². The van der Waals surface area contributed by atoms with Gasteiger partial charge in [0.1, 0.15) is 0 Å². The maximum absolute atomic E-state index is 12.1. The number of rotatable bonds is 8. The lowest BCUT2D eigenvalue weighted by Crippen LogP contribution is -2.57. The van der Waals surface area contributed by atoms with Crippen molar-refractivity contribution in [3.8, 4) is 11.5 Å². The third-order valence-corrected chi connectivity index (χ3v) is 4.83. The molecular formula is C21H28O9. The van der Waals surface area contributed by atoms with Gasteiger partial charge in [-0.15, -0.1) is 0 Å². The summed E-state index contributed by atoms with van der Waals surface area (Å²) < 4.78 is 15.1. The summed E-state index contributed by atoms with van der Waals surface area (Å²) in [5, 5.41) is 40.6. The van der Waals surface area contributed by atoms with Gasteiger partial charge in [-0.25, -0.2) is 9.59 Å². The molecule has 0 unspecified atom stereocenters. The van der Waals surface area contributed by atoms with Crippen LogP contribution in [0, 0.1) is 0 Å². The van der Waals surface area contributed by atoms with Crippen LogP contribution < -0.4 is 4.74 Å². The Labute approximate surface area is 174 Å². The molecule has 1 aliphatic rings. The summed E-state index contributed by atoms with van der Waals surface area (Å²) in [6.45, 7) is 2.05. The van der Waals surface area contributed by atoms with E-state index >= 15 is 0 Å². The van der Waals surface area contributed by atoms with Crippen LogP contribution in [-0.4, -0.2) is 70.0 Å². The predicted molar refractivity (Wildman–Crippen MR) is 106 cm³/mol. The molecule has 0 amide bonds. The summed E-state index contributed by atoms with van der Waals surface area (Å²) in [6, 6.07) is 4.46. The number of carbonyl (C=O) groups is 2. The van der Waals surface area contributed by atoms with Gasteiger partial charge in [-0.3, -0.25) is 0 Å². The second-order valence-electron chi connectivity index (χ2n) is 7.23. The van der Waals surface area contributed by atoms with Crippen molar-refractivity contribution in [2.45, 2.75) is 56.5 Å². The number of methoxy groups -OCH3 is 1. The first kappa shape index (κ1) is 23.7. The maximum atomic E-state index is 12.1. The van der Waals surface area contributed by atoms with Gasteiger partial charge in [-0.1, -0.05) is 19.4 Å². The Hall–Kier alpha value is -2.62. The number of aromatic hydroxyl groups is 1. The molecule has 30 heavy (non-hydrogen) atoms. The summed E-state index contributed by atoms with van der Waals surface area (Å²) >= 11 is 0. The van der Waals surface area contributed by atoms with Gasteiger partial charge in [0.2, 0.25) is 0 Å². The van der Waals surface area contributed by atoms with E-state index in [0.29, 0.717) is 12.0 Å². The summed E-state index contributed by atoms with van der Waals surface area (Å²) in [4.78, 5) is 24.2. The highest BCUT2D eigenvalue weighted by atomic mass is 16.6. The molecule has 2 rings (SSSR count). The third kappa shape index (κ3) is 5.94. The normalized spacial score (nSPS) is 26.4. The van der Waals surface area contributed by atoms with E-state index in [1.54, 1.807) is 6.07 Å². The van der Waals surface area contributed by atoms with Crippen molar-refractivity contribution in [1.82, 2.24) is 0 Å². The van der Waals surface area contributed by atoms with Crippen molar-refractivity contribution in [2.24, 2.45) is 0 Å². The molecule has 0 spiro atoms. The molecule has 9 nitrogen and oxygen atoms in total. The van der Waals surface area contributed by atoms with Crippen LogP contribution in [0.2, 0.25) is 0 Å². The van der Waals surface area contributed by atoms with Crippen molar-refractivity contribution >= 4 is 18.0 Å². The Morgan fingerprint density at radius 3 is 2.50 bits per heavy atom. The van der Waals surface area contributed by atoms with Gasteiger partial charge in [0.15, 0.2) is 23.2 Å². The molecule has 1 aliphatic carbocycles. The zero-order valence-electron chi connectivity index (χ0n) is 17.0. The average Bonchev–Trinajstić information content (AvgIpc) is 2.70. The largest absolute Gasteiger partial charge is 0.504 e. The van der Waals surface area contributed by atoms with Gasteiger partial charge >= 0.3 is 11.9 Å². The van der Waals surface area contributed by atoms with Crippen LogP contribution in [0.15, 0.2) is 24.3 Å². The fourth-order valence-electron chi connectivity index (χ4n) is 3.17. The summed E-state index contributed by atoms with van der Waals surface area (Å²) in [5.74, 6) is -1.57. The number of phenols is 1. The minimum Gasteiger partial charge on any atom is -0.504 e. The van der Waals surface area contributed by atoms with Crippen molar-refractivity contribution in [2.75, 3.05) is 13.7 Å². The Morgan fingerprint density at radius 2 is 1.90 bits per heavy atom. The van der Waals surface area contributed by atoms with E-state index in [1.165, 1.54) is 25.3 Å². The van der Waals surface area contributed by atoms with Crippen LogP contribution in [0.4, 0.5) is 0 Å². The molecule has 166 valence electrons. The van der Waals surface area contributed by atoms with E-state index in [-0.39, 0.29) is 18.1 Å². The summed E-state index contributed by atoms with van der Waals surface area (Å²) in [6.07, 6.45) is -1.13. The summed E-state index contributed by atoms with van der Waals surface area (Å²) in [5.41, 5.74) is -1.50. The van der Waals surface area contributed by atoms with Crippen LogP contribution in [0.5, 0.6) is 11.5 Å². The molecular weight excluding hydrogens is 396 g/mol. The van der Waals surface area contributed by atoms with Gasteiger partial charge in [-0.2, -0.15) is 0 Å². The highest BCUT2D eigenvalue weighted by Gasteiger charge is 2.51. The monoisotopic (exact) mass is 424 g/mol. The standard InChI is InChI=1S/C21H28O9/c1-3-4-9-29-20(26)21(27)11-15(23)19(16(24)12-21)30-18(25)8-6-13-5-7-14(22)17(10-13)28-2/h5-8,10,15-16,19,22-24,27H,3-4,9,11-12H2,1-2H3/b8-6+/t15-,16-,19?,21?/m1/s1. The molecule has 0 aromatic heterocycles. The number of unbranched alkanes of at least 4 members (excludes halogenated alkanes) is 1. The van der Waals surface area contributed by atoms with E-state index in [1.807, 2.05) is 6.92 Å². The first-order chi connectivity index (χ1) is 14.2. The lowest BCUT2D eigenvalue weighted by Gasteiger charge is -2.39. The predicted octanol–water partition coefficient (Wildman–Crippen LogP) is 0.916. The Bertz CT molecular complexity index is 762. The zero-order chi connectivity index (χ0) is 22.3. The number of hydrogen-bond donors (Lipinski definition) is 4. The smallest absolute Gasteiger partial charge is 0.338 e. The lowest BCUT2D eigenvalue weighted by molar-refractivity contribution is -0.200. The SMILES string of the molecule is CCCCOC(=O)C1(O)C[C@@H](O)C(OC(=O)/C=C/c2ccc(O)c(OC)c2)[C@H](O)C1. The van der Waals surface area contributed by atoms with Crippen LogP contribution in [0.1, 0.15) is 38.2 Å². The molecule has 4 N–H and O–H groups in total. The van der Waals surface area contributed by atoms with E-state index < -0.39 is 48.7 Å². The Kier molecular flexibility index (Phi) is 8.22. The number of carbonyl (C=O) groups excluding carboxylic acids is 2. The number of hydrogen-bond acceptors (Lipinski definition) is 9. The molecule has 0 heterocycles. The van der Waals surface area contributed by atoms with Crippen LogP contribution in [-0.2, 0) is 19.1 Å². The van der Waals surface area contributed by atoms with Gasteiger partial charge in [-0.05, 0) is 30.2 Å². The highest BCUT2D eigenvalue weighted by Crippen LogP contribution is 2.32. The van der Waals surface area contributed by atoms with Crippen molar-refractivity contribution < 1.29 is 44.2 Å². The maximum Gasteiger partial charge on any atom is 0.338 e. The second kappa shape index (κ2) is 10.4. The van der Waals surface area contributed by atoms with Gasteiger partial charge in [0.25, 0.3) is 0 Å². The zero-order valence-corrected chi connectivity index (χ0v) is 17.0. The second-order valence-corrected chi connectivity index (χ2v) is 7.23. The fraction of sp³-hybridized carbons (Fsp3) is 0.524. The number of aliphatic hydroxyl groups excluding tert-OH is 2. The number of phenolic OH excluding ortho intramolecular Hbond substituents is 1. The van der Waals surface area contributed by atoms with Gasteiger partial charge in [0.05, 0.1) is 25.9 Å². The van der Waals surface area contributed by atoms with E-state index in [4.69, 9.17) is 14.2 Å². The van der Waals surface area contributed by atoms with E-state index in [2.05, 4.69) is 0 Å². The fourth-order valence-corrected chi connectivity index (χ4v) is 3.17. The van der Waals surface area contributed by atoms with E-state index in [0.717, 1.165) is 12.5 Å². The Morgan fingerprint density at radius 1 is 1.23 bits per heavy atom. The lowest BCUT2D eigenvalue weighted by atomic mass is 9.79.